The van der Waals surface area contributed by atoms with Crippen LogP contribution in [0.4, 0.5) is 0 Å². The summed E-state index contributed by atoms with van der Waals surface area (Å²) < 4.78 is 0. The average molecular weight is 373 g/mol. The minimum Gasteiger partial charge on any atom is -0.480 e. The largest absolute Gasteiger partial charge is 0.480 e. The molecule has 12 nitrogen and oxygen atoms in total. The zero-order valence-electron chi connectivity index (χ0n) is 14.0. The van der Waals surface area contributed by atoms with Gasteiger partial charge in [0.15, 0.2) is 0 Å². The molecular weight excluding hydrogens is 350 g/mol. The Kier molecular flexibility index (Phi) is 8.45. The molecule has 0 aromatic rings. The summed E-state index contributed by atoms with van der Waals surface area (Å²) in [6.45, 7) is -0.504. The number of carbonyl (C=O) groups is 5. The number of carboxylic acid groups (broad SMARTS) is 1. The van der Waals surface area contributed by atoms with E-state index in [1.54, 1.807) is 0 Å². The summed E-state index contributed by atoms with van der Waals surface area (Å²) in [5.41, 5.74) is 4.90. The standard InChI is InChI=1S/C14H23N5O7/c15-10(21)4-8(14(25)26)19-13(24)9(6-20)18-11(22)5-17-12(23)7-2-1-3-16-7/h7-9,16,20H,1-6H2,(H2,15,21)(H,17,23)(H,18,22)(H,19,24)(H,25,26). The van der Waals surface area contributed by atoms with Crippen LogP contribution in [-0.2, 0) is 24.0 Å². The topological polar surface area (TPSA) is 200 Å². The number of nitrogens with two attached hydrogens (primary N) is 1. The lowest BCUT2D eigenvalue weighted by atomic mass is 10.1. The first kappa shape index (κ1) is 21.3. The number of aliphatic carboxylic acids is 1. The Balaban J connectivity index is 2.49. The molecule has 146 valence electrons. The molecule has 0 aromatic carbocycles. The Morgan fingerprint density at radius 1 is 1.15 bits per heavy atom. The smallest absolute Gasteiger partial charge is 0.326 e. The van der Waals surface area contributed by atoms with Gasteiger partial charge in [0, 0.05) is 0 Å². The third-order valence-corrected chi connectivity index (χ3v) is 3.65. The highest BCUT2D eigenvalue weighted by molar-refractivity contribution is 5.93. The molecule has 0 aliphatic carbocycles. The molecule has 4 amide bonds. The first-order valence-corrected chi connectivity index (χ1v) is 7.97. The van der Waals surface area contributed by atoms with Gasteiger partial charge in [-0.2, -0.15) is 0 Å². The second-order valence-electron chi connectivity index (χ2n) is 5.74. The van der Waals surface area contributed by atoms with Crippen LogP contribution < -0.4 is 27.0 Å². The molecule has 26 heavy (non-hydrogen) atoms. The van der Waals surface area contributed by atoms with E-state index in [1.165, 1.54) is 0 Å². The first-order valence-electron chi connectivity index (χ1n) is 7.97. The first-order chi connectivity index (χ1) is 12.2. The molecule has 1 rings (SSSR count). The van der Waals surface area contributed by atoms with E-state index in [9.17, 15) is 29.1 Å². The molecule has 1 aliphatic rings. The van der Waals surface area contributed by atoms with E-state index in [0.717, 1.165) is 6.42 Å². The molecule has 3 atom stereocenters. The number of aliphatic hydroxyl groups is 1. The van der Waals surface area contributed by atoms with Crippen LogP contribution in [0.15, 0.2) is 0 Å². The molecule has 1 fully saturated rings. The number of hydrogen-bond donors (Lipinski definition) is 7. The second-order valence-corrected chi connectivity index (χ2v) is 5.74. The third-order valence-electron chi connectivity index (χ3n) is 3.65. The molecule has 12 heteroatoms. The quantitative estimate of drug-likeness (QED) is 0.200. The number of aliphatic hydroxyl groups excluding tert-OH is 1. The Morgan fingerprint density at radius 3 is 2.35 bits per heavy atom. The van der Waals surface area contributed by atoms with Crippen molar-refractivity contribution < 1.29 is 34.2 Å². The van der Waals surface area contributed by atoms with E-state index in [0.29, 0.717) is 13.0 Å². The third kappa shape index (κ3) is 7.03. The van der Waals surface area contributed by atoms with Gasteiger partial charge in [0.05, 0.1) is 25.6 Å². The minimum atomic E-state index is -1.58. The summed E-state index contributed by atoms with van der Waals surface area (Å²) in [5, 5.41) is 27.7. The van der Waals surface area contributed by atoms with Gasteiger partial charge in [0.25, 0.3) is 0 Å². The van der Waals surface area contributed by atoms with Crippen molar-refractivity contribution in [3.8, 4) is 0 Å². The number of rotatable bonds is 10. The molecule has 3 unspecified atom stereocenters. The van der Waals surface area contributed by atoms with Crippen molar-refractivity contribution in [2.45, 2.75) is 37.4 Å². The maximum Gasteiger partial charge on any atom is 0.326 e. The Bertz CT molecular complexity index is 562. The number of amides is 4. The number of nitrogens with one attached hydrogen (secondary N) is 4. The zero-order valence-corrected chi connectivity index (χ0v) is 14.0. The van der Waals surface area contributed by atoms with Crippen LogP contribution in [0.25, 0.3) is 0 Å². The van der Waals surface area contributed by atoms with Crippen LogP contribution >= 0.6 is 0 Å². The number of carboxylic acids is 1. The van der Waals surface area contributed by atoms with Crippen LogP contribution in [-0.4, -0.2) is 77.6 Å². The molecule has 1 saturated heterocycles. The van der Waals surface area contributed by atoms with Crippen LogP contribution in [0.2, 0.25) is 0 Å². The number of primary amides is 1. The van der Waals surface area contributed by atoms with Crippen molar-refractivity contribution in [2.24, 2.45) is 5.73 Å². The van der Waals surface area contributed by atoms with Gasteiger partial charge < -0.3 is 37.2 Å². The predicted octanol–water partition coefficient (Wildman–Crippen LogP) is -4.22. The lowest BCUT2D eigenvalue weighted by Crippen LogP contribution is -2.55. The van der Waals surface area contributed by atoms with Crippen molar-refractivity contribution in [2.75, 3.05) is 19.7 Å². The van der Waals surface area contributed by atoms with E-state index < -0.39 is 55.3 Å². The van der Waals surface area contributed by atoms with Gasteiger partial charge in [0.1, 0.15) is 12.1 Å². The van der Waals surface area contributed by atoms with Crippen molar-refractivity contribution in [3.05, 3.63) is 0 Å². The monoisotopic (exact) mass is 373 g/mol. The number of carbonyl (C=O) groups excluding carboxylic acids is 4. The van der Waals surface area contributed by atoms with Gasteiger partial charge in [-0.15, -0.1) is 0 Å². The van der Waals surface area contributed by atoms with Gasteiger partial charge >= 0.3 is 5.97 Å². The highest BCUT2D eigenvalue weighted by Gasteiger charge is 2.28. The summed E-state index contributed by atoms with van der Waals surface area (Å²) in [6.07, 6.45) is 0.871. The van der Waals surface area contributed by atoms with Crippen LogP contribution in [0.5, 0.6) is 0 Å². The Labute approximate surface area is 148 Å². The molecule has 0 bridgehead atoms. The molecule has 0 spiro atoms. The summed E-state index contributed by atoms with van der Waals surface area (Å²) in [5.74, 6) is -4.53. The highest BCUT2D eigenvalue weighted by Crippen LogP contribution is 2.04. The normalized spacial score (nSPS) is 18.4. The van der Waals surface area contributed by atoms with Crippen molar-refractivity contribution in [3.63, 3.8) is 0 Å². The van der Waals surface area contributed by atoms with Gasteiger partial charge in [-0.25, -0.2) is 4.79 Å². The molecule has 0 saturated carbocycles. The fourth-order valence-corrected chi connectivity index (χ4v) is 2.31. The van der Waals surface area contributed by atoms with Crippen LogP contribution in [0.3, 0.4) is 0 Å². The Morgan fingerprint density at radius 2 is 1.85 bits per heavy atom. The molecule has 1 aliphatic heterocycles. The Hall–Kier alpha value is -2.73. The summed E-state index contributed by atoms with van der Waals surface area (Å²) >= 11 is 0. The SMILES string of the molecule is NC(=O)CC(NC(=O)C(CO)NC(=O)CNC(=O)C1CCCN1)C(=O)O. The number of hydrogen-bond acceptors (Lipinski definition) is 7. The van der Waals surface area contributed by atoms with Crippen molar-refractivity contribution in [1.29, 1.82) is 0 Å². The van der Waals surface area contributed by atoms with Crippen molar-refractivity contribution >= 4 is 29.6 Å². The van der Waals surface area contributed by atoms with Gasteiger partial charge in [-0.3, -0.25) is 19.2 Å². The minimum absolute atomic E-state index is 0.352. The predicted molar refractivity (Wildman–Crippen MR) is 86.4 cm³/mol. The molecule has 1 heterocycles. The summed E-state index contributed by atoms with van der Waals surface area (Å²) in [7, 11) is 0. The van der Waals surface area contributed by atoms with E-state index in [1.807, 2.05) is 5.32 Å². The van der Waals surface area contributed by atoms with Gasteiger partial charge in [0.2, 0.25) is 23.6 Å². The molecule has 8 N–H and O–H groups in total. The molecule has 0 radical (unpaired) electrons. The van der Waals surface area contributed by atoms with E-state index in [2.05, 4.69) is 16.0 Å². The van der Waals surface area contributed by atoms with E-state index in [-0.39, 0.29) is 11.9 Å². The van der Waals surface area contributed by atoms with Crippen LogP contribution in [0, 0.1) is 0 Å². The van der Waals surface area contributed by atoms with Crippen LogP contribution in [0.1, 0.15) is 19.3 Å². The highest BCUT2D eigenvalue weighted by atomic mass is 16.4. The van der Waals surface area contributed by atoms with Gasteiger partial charge in [-0.1, -0.05) is 0 Å². The fraction of sp³-hybridized carbons (Fsp3) is 0.643. The average Bonchev–Trinajstić information content (AvgIpc) is 3.10. The zero-order chi connectivity index (χ0) is 19.7. The summed E-state index contributed by atoms with van der Waals surface area (Å²) in [4.78, 5) is 57.3. The fourth-order valence-electron chi connectivity index (χ4n) is 2.31. The molecular formula is C14H23N5O7. The van der Waals surface area contributed by atoms with E-state index >= 15 is 0 Å². The molecule has 0 aromatic heterocycles. The summed E-state index contributed by atoms with van der Waals surface area (Å²) in [6, 6.07) is -3.40. The van der Waals surface area contributed by atoms with E-state index in [4.69, 9.17) is 10.8 Å². The lowest BCUT2D eigenvalue weighted by Gasteiger charge is -2.19. The maximum absolute atomic E-state index is 12.0. The van der Waals surface area contributed by atoms with Gasteiger partial charge in [-0.05, 0) is 19.4 Å². The maximum atomic E-state index is 12.0. The second kappa shape index (κ2) is 10.3. The lowest BCUT2D eigenvalue weighted by molar-refractivity contribution is -0.144. The van der Waals surface area contributed by atoms with Crippen molar-refractivity contribution in [1.82, 2.24) is 21.3 Å².